The number of hydrogen-bond donors (Lipinski definition) is 1. The van der Waals surface area contributed by atoms with E-state index in [0.717, 1.165) is 31.0 Å². The van der Waals surface area contributed by atoms with Crippen LogP contribution in [0.5, 0.6) is 0 Å². The highest BCUT2D eigenvalue weighted by molar-refractivity contribution is 5.54. The molecule has 1 aliphatic rings. The summed E-state index contributed by atoms with van der Waals surface area (Å²) in [7, 11) is 5.73. The van der Waals surface area contributed by atoms with E-state index < -0.39 is 0 Å². The Kier molecular flexibility index (Phi) is 5.19. The molecule has 3 rings (SSSR count). The first-order valence-electron chi connectivity index (χ1n) is 8.56. The molecule has 0 radical (unpaired) electrons. The molecule has 0 aliphatic carbocycles. The number of nitrogens with zero attached hydrogens (tertiary/aromatic N) is 6. The maximum atomic E-state index is 11.8. The van der Waals surface area contributed by atoms with E-state index in [1.165, 1.54) is 0 Å². The number of hydrogen-bond acceptors (Lipinski definition) is 7. The summed E-state index contributed by atoms with van der Waals surface area (Å²) in [6.45, 7) is 2.25. The second-order valence-corrected chi connectivity index (χ2v) is 6.74. The standard InChI is InChI=1S/C18H23N7O/c1-23(2)18-21-14(9-16(26)22-18)11-24(3)15-6-8-25(12-15)17-13(10-19)5-4-7-20-17/h4-5,7,9,15H,6,8,11-12H2,1-3H3,(H,21,22,26). The molecular formula is C18H23N7O. The number of pyridine rings is 1. The van der Waals surface area contributed by atoms with Gasteiger partial charge in [-0.25, -0.2) is 9.97 Å². The lowest BCUT2D eigenvalue weighted by Gasteiger charge is -2.25. The topological polar surface area (TPSA) is 92.2 Å². The van der Waals surface area contributed by atoms with Crippen LogP contribution >= 0.6 is 0 Å². The SMILES string of the molecule is CN(C)c1nc(CN(C)C2CCN(c3ncccc3C#N)C2)cc(=O)[nH]1. The van der Waals surface area contributed by atoms with Gasteiger partial charge in [-0.1, -0.05) is 0 Å². The van der Waals surface area contributed by atoms with E-state index in [2.05, 4.69) is 30.8 Å². The molecule has 0 bridgehead atoms. The van der Waals surface area contributed by atoms with Crippen molar-refractivity contribution in [2.75, 3.05) is 44.0 Å². The molecule has 0 spiro atoms. The lowest BCUT2D eigenvalue weighted by molar-refractivity contribution is 0.247. The Bertz CT molecular complexity index is 870. The predicted octanol–water partition coefficient (Wildman–Crippen LogP) is 0.813. The number of nitrogens with one attached hydrogen (secondary N) is 1. The van der Waals surface area contributed by atoms with Gasteiger partial charge >= 0.3 is 0 Å². The van der Waals surface area contributed by atoms with Crippen molar-refractivity contribution in [3.8, 4) is 6.07 Å². The number of aromatic amines is 1. The van der Waals surface area contributed by atoms with E-state index in [0.29, 0.717) is 24.1 Å². The maximum absolute atomic E-state index is 11.8. The highest BCUT2D eigenvalue weighted by Gasteiger charge is 2.28. The molecule has 0 aromatic carbocycles. The van der Waals surface area contributed by atoms with Crippen LogP contribution in [0.3, 0.4) is 0 Å². The van der Waals surface area contributed by atoms with Crippen LogP contribution in [0.15, 0.2) is 29.2 Å². The normalized spacial score (nSPS) is 16.7. The first-order chi connectivity index (χ1) is 12.5. The van der Waals surface area contributed by atoms with Crippen LogP contribution in [0.25, 0.3) is 0 Å². The second-order valence-electron chi connectivity index (χ2n) is 6.74. The van der Waals surface area contributed by atoms with E-state index >= 15 is 0 Å². The average molecular weight is 353 g/mol. The first kappa shape index (κ1) is 17.9. The van der Waals surface area contributed by atoms with Gasteiger partial charge in [0, 0.05) is 52.0 Å². The minimum Gasteiger partial charge on any atom is -0.354 e. The van der Waals surface area contributed by atoms with Gasteiger partial charge in [0.15, 0.2) is 0 Å². The Morgan fingerprint density at radius 2 is 2.23 bits per heavy atom. The smallest absolute Gasteiger partial charge is 0.252 e. The van der Waals surface area contributed by atoms with Crippen molar-refractivity contribution < 1.29 is 0 Å². The fourth-order valence-corrected chi connectivity index (χ4v) is 3.20. The van der Waals surface area contributed by atoms with Gasteiger partial charge in [0.2, 0.25) is 5.95 Å². The van der Waals surface area contributed by atoms with E-state index in [1.54, 1.807) is 29.3 Å². The summed E-state index contributed by atoms with van der Waals surface area (Å²) in [5, 5.41) is 9.27. The molecule has 0 amide bonds. The lowest BCUT2D eigenvalue weighted by atomic mass is 10.2. The van der Waals surface area contributed by atoms with Crippen molar-refractivity contribution in [2.45, 2.75) is 19.0 Å². The van der Waals surface area contributed by atoms with Crippen molar-refractivity contribution in [3.05, 3.63) is 46.0 Å². The molecule has 8 nitrogen and oxygen atoms in total. The molecular weight excluding hydrogens is 330 g/mol. The average Bonchev–Trinajstić information content (AvgIpc) is 3.11. The second kappa shape index (κ2) is 7.54. The number of rotatable bonds is 5. The summed E-state index contributed by atoms with van der Waals surface area (Å²) in [5.74, 6) is 1.30. The third-order valence-corrected chi connectivity index (χ3v) is 4.61. The summed E-state index contributed by atoms with van der Waals surface area (Å²) >= 11 is 0. The molecule has 1 atom stereocenters. The Hall–Kier alpha value is -2.92. The van der Waals surface area contributed by atoms with Gasteiger partial charge in [0.1, 0.15) is 11.9 Å². The van der Waals surface area contributed by atoms with Crippen LogP contribution in [0.4, 0.5) is 11.8 Å². The zero-order valence-electron chi connectivity index (χ0n) is 15.3. The van der Waals surface area contributed by atoms with Crippen LogP contribution in [0.2, 0.25) is 0 Å². The molecule has 1 aliphatic heterocycles. The van der Waals surface area contributed by atoms with Crippen molar-refractivity contribution in [3.63, 3.8) is 0 Å². The molecule has 1 N–H and O–H groups in total. The number of nitriles is 1. The van der Waals surface area contributed by atoms with Gasteiger partial charge in [-0.2, -0.15) is 5.26 Å². The summed E-state index contributed by atoms with van der Waals surface area (Å²) < 4.78 is 0. The van der Waals surface area contributed by atoms with Gasteiger partial charge in [0.25, 0.3) is 5.56 Å². The fourth-order valence-electron chi connectivity index (χ4n) is 3.20. The molecule has 3 heterocycles. The van der Waals surface area contributed by atoms with E-state index in [-0.39, 0.29) is 5.56 Å². The molecule has 0 saturated carbocycles. The number of H-pyrrole nitrogens is 1. The molecule has 2 aromatic rings. The quantitative estimate of drug-likeness (QED) is 0.850. The number of aromatic nitrogens is 3. The van der Waals surface area contributed by atoms with Crippen molar-refractivity contribution in [1.29, 1.82) is 5.26 Å². The highest BCUT2D eigenvalue weighted by Crippen LogP contribution is 2.24. The molecule has 8 heteroatoms. The lowest BCUT2D eigenvalue weighted by Crippen LogP contribution is -2.35. The summed E-state index contributed by atoms with van der Waals surface area (Å²) in [6.07, 6.45) is 2.69. The minimum atomic E-state index is -0.146. The summed E-state index contributed by atoms with van der Waals surface area (Å²) in [4.78, 5) is 29.6. The van der Waals surface area contributed by atoms with Crippen LogP contribution in [0, 0.1) is 11.3 Å². The van der Waals surface area contributed by atoms with Gasteiger partial charge in [-0.3, -0.25) is 14.7 Å². The molecule has 2 aromatic heterocycles. The molecule has 1 fully saturated rings. The first-order valence-corrected chi connectivity index (χ1v) is 8.56. The van der Waals surface area contributed by atoms with Gasteiger partial charge < -0.3 is 9.80 Å². The minimum absolute atomic E-state index is 0.146. The molecule has 1 unspecified atom stereocenters. The van der Waals surface area contributed by atoms with E-state index in [1.807, 2.05) is 21.1 Å². The Balaban J connectivity index is 1.70. The summed E-state index contributed by atoms with van der Waals surface area (Å²) in [5.41, 5.74) is 1.20. The van der Waals surface area contributed by atoms with Crippen LogP contribution < -0.4 is 15.4 Å². The molecule has 136 valence electrons. The van der Waals surface area contributed by atoms with Crippen LogP contribution in [-0.4, -0.2) is 60.1 Å². The molecule has 1 saturated heterocycles. The van der Waals surface area contributed by atoms with Gasteiger partial charge in [-0.05, 0) is 25.6 Å². The summed E-state index contributed by atoms with van der Waals surface area (Å²) in [6, 6.07) is 7.64. The Labute approximate surface area is 152 Å². The van der Waals surface area contributed by atoms with Crippen molar-refractivity contribution >= 4 is 11.8 Å². The van der Waals surface area contributed by atoms with Crippen LogP contribution in [-0.2, 0) is 6.54 Å². The third kappa shape index (κ3) is 3.83. The monoisotopic (exact) mass is 353 g/mol. The third-order valence-electron chi connectivity index (χ3n) is 4.61. The van der Waals surface area contributed by atoms with Crippen LogP contribution in [0.1, 0.15) is 17.7 Å². The zero-order chi connectivity index (χ0) is 18.7. The Morgan fingerprint density at radius 3 is 2.96 bits per heavy atom. The van der Waals surface area contributed by atoms with Crippen molar-refractivity contribution in [2.24, 2.45) is 0 Å². The number of anilines is 2. The van der Waals surface area contributed by atoms with E-state index in [9.17, 15) is 10.1 Å². The number of likely N-dealkylation sites (N-methyl/N-ethyl adjacent to an activating group) is 1. The maximum Gasteiger partial charge on any atom is 0.252 e. The zero-order valence-corrected chi connectivity index (χ0v) is 15.3. The largest absolute Gasteiger partial charge is 0.354 e. The van der Waals surface area contributed by atoms with Gasteiger partial charge in [-0.15, -0.1) is 0 Å². The fraction of sp³-hybridized carbons (Fsp3) is 0.444. The highest BCUT2D eigenvalue weighted by atomic mass is 16.1. The van der Waals surface area contributed by atoms with E-state index in [4.69, 9.17) is 0 Å². The van der Waals surface area contributed by atoms with Gasteiger partial charge in [0.05, 0.1) is 11.3 Å². The molecule has 26 heavy (non-hydrogen) atoms. The predicted molar refractivity (Wildman–Crippen MR) is 100 cm³/mol. The Morgan fingerprint density at radius 1 is 1.42 bits per heavy atom. The van der Waals surface area contributed by atoms with Crippen molar-refractivity contribution in [1.82, 2.24) is 19.9 Å².